The quantitative estimate of drug-likeness (QED) is 0.639. The number of hydrogen-bond donors (Lipinski definition) is 2. The molecule has 1 aromatic heterocycles. The summed E-state index contributed by atoms with van der Waals surface area (Å²) in [6, 6.07) is 14.4. The first kappa shape index (κ1) is 16.8. The van der Waals surface area contributed by atoms with Crippen molar-refractivity contribution in [3.05, 3.63) is 78.0 Å². The third kappa shape index (κ3) is 4.08. The Morgan fingerprint density at radius 1 is 1.28 bits per heavy atom. The molecule has 0 unspecified atom stereocenters. The van der Waals surface area contributed by atoms with E-state index in [1.165, 1.54) is 6.20 Å². The van der Waals surface area contributed by atoms with Gasteiger partial charge in [-0.2, -0.15) is 5.10 Å². The summed E-state index contributed by atoms with van der Waals surface area (Å²) in [7, 11) is 0. The number of ether oxygens (including phenoxy) is 1. The number of aromatic nitrogens is 2. The summed E-state index contributed by atoms with van der Waals surface area (Å²) in [5.74, 6) is 0.391. The largest absolute Gasteiger partial charge is 0.489 e. The third-order valence-electron chi connectivity index (χ3n) is 3.48. The number of H-pyrrole nitrogens is 1. The molecule has 25 heavy (non-hydrogen) atoms. The number of carbonyl (C=O) groups is 1. The van der Waals surface area contributed by atoms with Crippen LogP contribution in [0.1, 0.15) is 10.4 Å². The topological polar surface area (TPSA) is 67.0 Å². The molecule has 0 bridgehead atoms. The SMILES string of the molecule is C=CCOc1cccc(NC(=O)c2cn[nH]c2-c2ccc(Cl)cc2)c1. The van der Waals surface area contributed by atoms with Crippen molar-refractivity contribution in [2.24, 2.45) is 0 Å². The molecule has 0 spiro atoms. The van der Waals surface area contributed by atoms with Crippen molar-refractivity contribution >= 4 is 23.2 Å². The monoisotopic (exact) mass is 353 g/mol. The van der Waals surface area contributed by atoms with Crippen molar-refractivity contribution in [2.75, 3.05) is 11.9 Å². The highest BCUT2D eigenvalue weighted by atomic mass is 35.5. The first-order valence-electron chi connectivity index (χ1n) is 7.62. The molecular weight excluding hydrogens is 338 g/mol. The van der Waals surface area contributed by atoms with Gasteiger partial charge in [0.1, 0.15) is 12.4 Å². The van der Waals surface area contributed by atoms with Crippen molar-refractivity contribution in [1.29, 1.82) is 0 Å². The van der Waals surface area contributed by atoms with Gasteiger partial charge in [0.2, 0.25) is 0 Å². The number of amides is 1. The van der Waals surface area contributed by atoms with E-state index in [-0.39, 0.29) is 5.91 Å². The lowest BCUT2D eigenvalue weighted by Crippen LogP contribution is -2.12. The number of halogens is 1. The van der Waals surface area contributed by atoms with Crippen LogP contribution in [0.3, 0.4) is 0 Å². The molecule has 0 atom stereocenters. The lowest BCUT2D eigenvalue weighted by molar-refractivity contribution is 0.102. The van der Waals surface area contributed by atoms with Gasteiger partial charge in [0.25, 0.3) is 5.91 Å². The fraction of sp³-hybridized carbons (Fsp3) is 0.0526. The van der Waals surface area contributed by atoms with Crippen molar-refractivity contribution in [3.8, 4) is 17.0 Å². The summed E-state index contributed by atoms with van der Waals surface area (Å²) in [4.78, 5) is 12.6. The van der Waals surface area contributed by atoms with E-state index in [9.17, 15) is 4.79 Å². The van der Waals surface area contributed by atoms with Crippen LogP contribution in [0.4, 0.5) is 5.69 Å². The van der Waals surface area contributed by atoms with Crippen LogP contribution in [0, 0.1) is 0 Å². The van der Waals surface area contributed by atoms with E-state index in [4.69, 9.17) is 16.3 Å². The molecule has 1 heterocycles. The van der Waals surface area contributed by atoms with Crippen molar-refractivity contribution in [2.45, 2.75) is 0 Å². The summed E-state index contributed by atoms with van der Waals surface area (Å²) in [5, 5.41) is 10.3. The van der Waals surface area contributed by atoms with E-state index >= 15 is 0 Å². The maximum absolute atomic E-state index is 12.6. The molecule has 126 valence electrons. The van der Waals surface area contributed by atoms with Crippen LogP contribution >= 0.6 is 11.6 Å². The lowest BCUT2D eigenvalue weighted by Gasteiger charge is -2.08. The summed E-state index contributed by atoms with van der Waals surface area (Å²) in [6.07, 6.45) is 3.16. The molecule has 3 rings (SSSR count). The number of nitrogens with zero attached hydrogens (tertiary/aromatic N) is 1. The molecule has 0 radical (unpaired) electrons. The zero-order valence-corrected chi connectivity index (χ0v) is 14.1. The Morgan fingerprint density at radius 2 is 2.08 bits per heavy atom. The second-order valence-electron chi connectivity index (χ2n) is 5.25. The summed E-state index contributed by atoms with van der Waals surface area (Å²) in [5.41, 5.74) is 2.54. The summed E-state index contributed by atoms with van der Waals surface area (Å²) in [6.45, 7) is 4.01. The number of nitrogens with one attached hydrogen (secondary N) is 2. The van der Waals surface area contributed by atoms with Crippen LogP contribution in [0.15, 0.2) is 67.4 Å². The van der Waals surface area contributed by atoms with Crippen LogP contribution in [0.25, 0.3) is 11.3 Å². The molecule has 0 aliphatic rings. The second kappa shape index (κ2) is 7.68. The predicted molar refractivity (Wildman–Crippen MR) is 99.1 cm³/mol. The molecule has 1 amide bonds. The smallest absolute Gasteiger partial charge is 0.259 e. The zero-order valence-electron chi connectivity index (χ0n) is 13.3. The van der Waals surface area contributed by atoms with Crippen molar-refractivity contribution in [1.82, 2.24) is 10.2 Å². The van der Waals surface area contributed by atoms with E-state index in [1.54, 1.807) is 30.3 Å². The average Bonchev–Trinajstić information content (AvgIpc) is 3.11. The first-order chi connectivity index (χ1) is 12.2. The van der Waals surface area contributed by atoms with Crippen LogP contribution in [0.5, 0.6) is 5.75 Å². The Labute approximate surface area is 150 Å². The fourth-order valence-electron chi connectivity index (χ4n) is 2.31. The van der Waals surface area contributed by atoms with E-state index in [2.05, 4.69) is 22.1 Å². The molecule has 6 heteroatoms. The minimum absolute atomic E-state index is 0.264. The minimum Gasteiger partial charge on any atom is -0.489 e. The molecule has 0 aliphatic carbocycles. The lowest BCUT2D eigenvalue weighted by atomic mass is 10.1. The molecule has 0 saturated heterocycles. The normalized spacial score (nSPS) is 10.3. The molecule has 3 aromatic rings. The Hall–Kier alpha value is -3.05. The Bertz CT molecular complexity index is 888. The molecule has 0 fully saturated rings. The summed E-state index contributed by atoms with van der Waals surface area (Å²) < 4.78 is 5.47. The number of hydrogen-bond acceptors (Lipinski definition) is 3. The van der Waals surface area contributed by atoms with Gasteiger partial charge in [-0.3, -0.25) is 9.89 Å². The predicted octanol–water partition coefficient (Wildman–Crippen LogP) is 4.55. The van der Waals surface area contributed by atoms with Gasteiger partial charge < -0.3 is 10.1 Å². The number of carbonyl (C=O) groups excluding carboxylic acids is 1. The zero-order chi connectivity index (χ0) is 17.6. The number of rotatable bonds is 6. The Morgan fingerprint density at radius 3 is 2.84 bits per heavy atom. The van der Waals surface area contributed by atoms with Gasteiger partial charge in [0.05, 0.1) is 17.5 Å². The van der Waals surface area contributed by atoms with Gasteiger partial charge >= 0.3 is 0 Å². The number of benzene rings is 2. The van der Waals surface area contributed by atoms with Gasteiger partial charge in [-0.25, -0.2) is 0 Å². The van der Waals surface area contributed by atoms with Crippen LogP contribution in [-0.2, 0) is 0 Å². The van der Waals surface area contributed by atoms with E-state index in [0.717, 1.165) is 5.56 Å². The highest BCUT2D eigenvalue weighted by Crippen LogP contribution is 2.24. The van der Waals surface area contributed by atoms with Gasteiger partial charge in [0.15, 0.2) is 0 Å². The van der Waals surface area contributed by atoms with Crippen LogP contribution in [0.2, 0.25) is 5.02 Å². The van der Waals surface area contributed by atoms with Crippen LogP contribution < -0.4 is 10.1 Å². The third-order valence-corrected chi connectivity index (χ3v) is 3.73. The van der Waals surface area contributed by atoms with Gasteiger partial charge in [-0.05, 0) is 24.3 Å². The summed E-state index contributed by atoms with van der Waals surface area (Å²) >= 11 is 5.91. The van der Waals surface area contributed by atoms with Crippen LogP contribution in [-0.4, -0.2) is 22.7 Å². The maximum Gasteiger partial charge on any atom is 0.259 e. The number of anilines is 1. The Kier molecular flexibility index (Phi) is 5.16. The average molecular weight is 354 g/mol. The molecule has 2 aromatic carbocycles. The van der Waals surface area contributed by atoms with Gasteiger partial charge in [0, 0.05) is 22.3 Å². The second-order valence-corrected chi connectivity index (χ2v) is 5.68. The first-order valence-corrected chi connectivity index (χ1v) is 7.99. The van der Waals surface area contributed by atoms with Crippen molar-refractivity contribution < 1.29 is 9.53 Å². The maximum atomic E-state index is 12.6. The molecule has 0 aliphatic heterocycles. The highest BCUT2D eigenvalue weighted by molar-refractivity contribution is 6.30. The highest BCUT2D eigenvalue weighted by Gasteiger charge is 2.15. The van der Waals surface area contributed by atoms with Crippen molar-refractivity contribution in [3.63, 3.8) is 0 Å². The van der Waals surface area contributed by atoms with Gasteiger partial charge in [-0.1, -0.05) is 42.5 Å². The van der Waals surface area contributed by atoms with Gasteiger partial charge in [-0.15, -0.1) is 0 Å². The minimum atomic E-state index is -0.264. The van der Waals surface area contributed by atoms with E-state index < -0.39 is 0 Å². The molecule has 5 nitrogen and oxygen atoms in total. The molecule has 0 saturated carbocycles. The van der Waals surface area contributed by atoms with E-state index in [0.29, 0.717) is 34.3 Å². The standard InChI is InChI=1S/C19H16ClN3O2/c1-2-10-25-16-5-3-4-15(11-16)22-19(24)17-12-21-23-18(17)13-6-8-14(20)9-7-13/h2-9,11-12H,1,10H2,(H,21,23)(H,22,24). The number of aromatic amines is 1. The van der Waals surface area contributed by atoms with E-state index in [1.807, 2.05) is 24.3 Å². The fourth-order valence-corrected chi connectivity index (χ4v) is 2.44. The molecular formula is C19H16ClN3O2. The Balaban J connectivity index is 1.79. The molecule has 2 N–H and O–H groups in total.